The van der Waals surface area contributed by atoms with E-state index >= 15 is 0 Å². The van der Waals surface area contributed by atoms with Gasteiger partial charge in [-0.2, -0.15) is 0 Å². The quantitative estimate of drug-likeness (QED) is 0.151. The highest BCUT2D eigenvalue weighted by atomic mass is 16.5. The van der Waals surface area contributed by atoms with E-state index in [9.17, 15) is 0 Å². The average Bonchev–Trinajstić information content (AvgIpc) is 3.86. The number of hydrogen-bond donors (Lipinski definition) is 0. The molecule has 0 fully saturated rings. The summed E-state index contributed by atoms with van der Waals surface area (Å²) in [5, 5.41) is 2.22. The highest BCUT2D eigenvalue weighted by Crippen LogP contribution is 2.62. The molecule has 0 saturated heterocycles. The monoisotopic (exact) mass is 908 g/mol. The van der Waals surface area contributed by atoms with Crippen molar-refractivity contribution >= 4 is 44.9 Å². The predicted molar refractivity (Wildman–Crippen MR) is 294 cm³/mol. The molecular weight excluding hydrogens is 861 g/mol. The molecule has 14 rings (SSSR count). The molecule has 336 valence electrons. The number of hydrogen-bond acceptors (Lipinski definition) is 3. The van der Waals surface area contributed by atoms with Crippen LogP contribution in [-0.4, -0.2) is 0 Å². The Bertz CT molecular complexity index is 3800. The van der Waals surface area contributed by atoms with Gasteiger partial charge in [0.25, 0.3) is 0 Å². The molecule has 1 heterocycles. The van der Waals surface area contributed by atoms with Crippen LogP contribution in [0.25, 0.3) is 44.2 Å². The summed E-state index contributed by atoms with van der Waals surface area (Å²) in [4.78, 5) is 4.82. The molecule has 3 heteroatoms. The first-order valence-electron chi connectivity index (χ1n) is 24.7. The van der Waals surface area contributed by atoms with Crippen LogP contribution < -0.4 is 14.5 Å². The van der Waals surface area contributed by atoms with Gasteiger partial charge in [-0.05, 0) is 116 Å². The second-order valence-electron chi connectivity index (χ2n) is 19.5. The molecule has 0 saturated carbocycles. The number of rotatable bonds is 8. The van der Waals surface area contributed by atoms with Crippen LogP contribution in [0.1, 0.15) is 47.2 Å². The fraction of sp³-hybridized carbons (Fsp3) is 0.0588. The minimum atomic E-state index is -0.578. The molecule has 0 bridgehead atoms. The molecule has 2 aliphatic carbocycles. The molecule has 0 aromatic heterocycles. The van der Waals surface area contributed by atoms with Gasteiger partial charge < -0.3 is 14.5 Å². The molecule has 0 radical (unpaired) electrons. The van der Waals surface area contributed by atoms with E-state index < -0.39 is 5.41 Å². The predicted octanol–water partition coefficient (Wildman–Crippen LogP) is 18.2. The lowest BCUT2D eigenvalue weighted by atomic mass is 9.68. The van der Waals surface area contributed by atoms with Gasteiger partial charge in [0.1, 0.15) is 0 Å². The molecule has 11 aromatic rings. The van der Waals surface area contributed by atoms with Crippen LogP contribution in [0, 0.1) is 0 Å². The van der Waals surface area contributed by atoms with Gasteiger partial charge in [-0.1, -0.05) is 214 Å². The third-order valence-electron chi connectivity index (χ3n) is 15.5. The zero-order chi connectivity index (χ0) is 47.3. The molecule has 3 nitrogen and oxygen atoms in total. The summed E-state index contributed by atoms with van der Waals surface area (Å²) in [6, 6.07) is 93.3. The fourth-order valence-electron chi connectivity index (χ4n) is 12.4. The van der Waals surface area contributed by atoms with Gasteiger partial charge in [-0.15, -0.1) is 0 Å². The van der Waals surface area contributed by atoms with E-state index in [4.69, 9.17) is 4.74 Å². The summed E-state index contributed by atoms with van der Waals surface area (Å²) in [5.41, 5.74) is 20.2. The maximum absolute atomic E-state index is 7.73. The molecule has 11 aromatic carbocycles. The van der Waals surface area contributed by atoms with Crippen molar-refractivity contribution in [3.05, 3.63) is 288 Å². The lowest BCUT2D eigenvalue weighted by molar-refractivity contribution is 0.489. The molecule has 0 atom stereocenters. The number of anilines is 6. The molecule has 1 aliphatic heterocycles. The van der Waals surface area contributed by atoms with Crippen molar-refractivity contribution in [1.29, 1.82) is 0 Å². The van der Waals surface area contributed by atoms with Gasteiger partial charge in [0.05, 0.1) is 22.5 Å². The SMILES string of the molecule is CC1(C)c2ccccc2-c2ccc(N(c3cccc4c3-c3ccccc3C4(c3ccccc3)c3ccccc3)c3ccc4cccc5c4c3Oc3c-5cccc3N(c3ccccc3)c3ccccc3)cc21. The summed E-state index contributed by atoms with van der Waals surface area (Å²) in [7, 11) is 0. The minimum absolute atomic E-state index is 0.220. The van der Waals surface area contributed by atoms with Crippen LogP contribution in [0.3, 0.4) is 0 Å². The maximum Gasteiger partial charge on any atom is 0.160 e. The normalized spacial score (nSPS) is 13.8. The Balaban J connectivity index is 1.06. The van der Waals surface area contributed by atoms with Crippen molar-refractivity contribution < 1.29 is 4.74 Å². The average molecular weight is 909 g/mol. The van der Waals surface area contributed by atoms with E-state index in [0.29, 0.717) is 0 Å². The van der Waals surface area contributed by atoms with Crippen LogP contribution in [0.4, 0.5) is 34.1 Å². The molecule has 3 aliphatic rings. The van der Waals surface area contributed by atoms with Crippen molar-refractivity contribution in [1.82, 2.24) is 0 Å². The van der Waals surface area contributed by atoms with E-state index in [2.05, 4.69) is 278 Å². The number of fused-ring (bicyclic) bond motifs is 8. The van der Waals surface area contributed by atoms with E-state index in [1.165, 1.54) is 55.6 Å². The second kappa shape index (κ2) is 15.8. The van der Waals surface area contributed by atoms with E-state index in [1.54, 1.807) is 0 Å². The Morgan fingerprint density at radius 3 is 1.55 bits per heavy atom. The number of para-hydroxylation sites is 3. The number of benzene rings is 11. The van der Waals surface area contributed by atoms with Crippen LogP contribution >= 0.6 is 0 Å². The van der Waals surface area contributed by atoms with Crippen LogP contribution in [-0.2, 0) is 10.8 Å². The van der Waals surface area contributed by atoms with Gasteiger partial charge in [-0.3, -0.25) is 0 Å². The van der Waals surface area contributed by atoms with Crippen molar-refractivity contribution in [2.45, 2.75) is 24.7 Å². The second-order valence-corrected chi connectivity index (χ2v) is 19.5. The Morgan fingerprint density at radius 2 is 0.845 bits per heavy atom. The van der Waals surface area contributed by atoms with Crippen molar-refractivity contribution in [2.24, 2.45) is 0 Å². The fourth-order valence-corrected chi connectivity index (χ4v) is 12.4. The summed E-state index contributed by atoms with van der Waals surface area (Å²) in [6.07, 6.45) is 0. The molecule has 0 amide bonds. The topological polar surface area (TPSA) is 15.7 Å². The lowest BCUT2D eigenvalue weighted by Crippen LogP contribution is -2.28. The smallest absolute Gasteiger partial charge is 0.160 e. The van der Waals surface area contributed by atoms with Crippen molar-refractivity contribution in [2.75, 3.05) is 9.80 Å². The van der Waals surface area contributed by atoms with Crippen molar-refractivity contribution in [3.63, 3.8) is 0 Å². The summed E-state index contributed by atoms with van der Waals surface area (Å²) < 4.78 is 7.73. The summed E-state index contributed by atoms with van der Waals surface area (Å²) in [6.45, 7) is 4.74. The van der Waals surface area contributed by atoms with Gasteiger partial charge in [0.15, 0.2) is 11.5 Å². The Kier molecular flexibility index (Phi) is 9.15. The Hall–Kier alpha value is -8.92. The Labute approximate surface area is 415 Å². The zero-order valence-electron chi connectivity index (χ0n) is 39.6. The molecule has 71 heavy (non-hydrogen) atoms. The minimum Gasteiger partial charge on any atom is -0.452 e. The van der Waals surface area contributed by atoms with E-state index in [1.807, 2.05) is 0 Å². The largest absolute Gasteiger partial charge is 0.452 e. The van der Waals surface area contributed by atoms with Crippen LogP contribution in [0.15, 0.2) is 255 Å². The third kappa shape index (κ3) is 5.96. The van der Waals surface area contributed by atoms with Gasteiger partial charge in [0, 0.05) is 39.0 Å². The number of ether oxygens (including phenoxy) is 1. The standard InChI is InChI=1S/C68H48N2O/c1-67(2)56-35-17-15-31-51(56)52-42-41-50(44-59(52)67)70(60-38-21-37-58-64(60)55-32-16-18-36-57(55)68(58,46-23-7-3-8-24-46)47-25-9-4-10-26-47)62-43-40-45-22-19-33-53-54-34-20-39-61(65(54)71-66(62)63(45)53)69(48-27-11-5-12-28-48)49-29-13-6-14-30-49/h3-44H,1-2H3. The van der Waals surface area contributed by atoms with Crippen LogP contribution in [0.5, 0.6) is 11.5 Å². The molecule has 0 unspecified atom stereocenters. The molecule has 0 N–H and O–H groups in total. The maximum atomic E-state index is 7.73. The highest BCUT2D eigenvalue weighted by molar-refractivity contribution is 6.10. The van der Waals surface area contributed by atoms with Crippen molar-refractivity contribution in [3.8, 4) is 44.9 Å². The van der Waals surface area contributed by atoms with Crippen LogP contribution in [0.2, 0.25) is 0 Å². The van der Waals surface area contributed by atoms with Gasteiger partial charge in [0.2, 0.25) is 0 Å². The summed E-state index contributed by atoms with van der Waals surface area (Å²) in [5.74, 6) is 1.64. The number of nitrogens with zero attached hydrogens (tertiary/aromatic N) is 2. The van der Waals surface area contributed by atoms with Gasteiger partial charge in [-0.25, -0.2) is 0 Å². The van der Waals surface area contributed by atoms with E-state index in [0.717, 1.165) is 67.5 Å². The first-order chi connectivity index (χ1) is 35.0. The first kappa shape index (κ1) is 41.1. The van der Waals surface area contributed by atoms with Gasteiger partial charge >= 0.3 is 0 Å². The van der Waals surface area contributed by atoms with E-state index in [-0.39, 0.29) is 5.41 Å². The highest BCUT2D eigenvalue weighted by Gasteiger charge is 2.48. The summed E-state index contributed by atoms with van der Waals surface area (Å²) >= 11 is 0. The lowest BCUT2D eigenvalue weighted by Gasteiger charge is -2.35. The first-order valence-corrected chi connectivity index (χ1v) is 24.7. The Morgan fingerprint density at radius 1 is 0.324 bits per heavy atom. The molecular formula is C68H48N2O. The third-order valence-corrected chi connectivity index (χ3v) is 15.5. The molecule has 0 spiro atoms. The zero-order valence-corrected chi connectivity index (χ0v) is 39.6.